The van der Waals surface area contributed by atoms with E-state index in [1.807, 2.05) is 50.3 Å². The average molecular weight is 549 g/mol. The average Bonchev–Trinajstić information content (AvgIpc) is 3.23. The molecule has 8 heteroatoms. The maximum Gasteiger partial charge on any atom is 0.338 e. The van der Waals surface area contributed by atoms with Gasteiger partial charge in [0.1, 0.15) is 17.5 Å². The van der Waals surface area contributed by atoms with Crippen molar-refractivity contribution in [3.8, 4) is 11.5 Å². The molecule has 0 N–H and O–H groups in total. The normalized spacial score (nSPS) is 15.3. The van der Waals surface area contributed by atoms with Crippen molar-refractivity contribution in [3.05, 3.63) is 89.6 Å². The molecular weight excluding hydrogens is 512 g/mol. The van der Waals surface area contributed by atoms with Gasteiger partial charge in [-0.15, -0.1) is 0 Å². The minimum absolute atomic E-state index is 0.215. The summed E-state index contributed by atoms with van der Waals surface area (Å²) in [6.07, 6.45) is 3.29. The summed E-state index contributed by atoms with van der Waals surface area (Å²) >= 11 is 1.33. The molecule has 1 atom stereocenters. The number of allylic oxidation sites excluding steroid dienone is 1. The van der Waals surface area contributed by atoms with E-state index < -0.39 is 12.0 Å². The monoisotopic (exact) mass is 548 g/mol. The summed E-state index contributed by atoms with van der Waals surface area (Å²) in [5.41, 5.74) is 4.53. The summed E-state index contributed by atoms with van der Waals surface area (Å²) < 4.78 is 18.9. The molecule has 206 valence electrons. The molecule has 0 radical (unpaired) electrons. The number of aryl methyl sites for hydroxylation is 1. The first-order chi connectivity index (χ1) is 18.7. The molecule has 39 heavy (non-hydrogen) atoms. The van der Waals surface area contributed by atoms with Gasteiger partial charge in [0.2, 0.25) is 0 Å². The Bertz CT molecular complexity index is 1600. The van der Waals surface area contributed by atoms with E-state index in [0.29, 0.717) is 38.3 Å². The Kier molecular flexibility index (Phi) is 8.75. The van der Waals surface area contributed by atoms with Crippen LogP contribution in [0.2, 0.25) is 0 Å². The van der Waals surface area contributed by atoms with Crippen molar-refractivity contribution in [2.45, 2.75) is 59.4 Å². The highest BCUT2D eigenvalue weighted by atomic mass is 32.1. The molecule has 2 aromatic carbocycles. The quantitative estimate of drug-likeness (QED) is 0.351. The molecule has 1 aromatic heterocycles. The SMILES string of the molecule is CCCC1=C(C(=O)OCC)[C@H](c2ccccc2OC)n2c(s/c(=C/c3cc(C(C)C)c(OC)cc3C)c2=O)=N1. The van der Waals surface area contributed by atoms with Crippen LogP contribution in [0.1, 0.15) is 74.8 Å². The number of rotatable bonds is 9. The van der Waals surface area contributed by atoms with Gasteiger partial charge in [0.15, 0.2) is 4.80 Å². The van der Waals surface area contributed by atoms with Gasteiger partial charge in [0, 0.05) is 5.56 Å². The molecule has 0 saturated carbocycles. The van der Waals surface area contributed by atoms with Gasteiger partial charge >= 0.3 is 5.97 Å². The maximum atomic E-state index is 14.1. The van der Waals surface area contributed by atoms with E-state index in [1.165, 1.54) is 11.3 Å². The molecular formula is C31H36N2O5S. The highest BCUT2D eigenvalue weighted by Crippen LogP contribution is 2.37. The number of benzene rings is 2. The number of thiazole rings is 1. The summed E-state index contributed by atoms with van der Waals surface area (Å²) in [7, 11) is 3.26. The minimum Gasteiger partial charge on any atom is -0.496 e. The van der Waals surface area contributed by atoms with Crippen LogP contribution >= 0.6 is 11.3 Å². The van der Waals surface area contributed by atoms with E-state index >= 15 is 0 Å². The number of nitrogens with zero attached hydrogens (tertiary/aromatic N) is 2. The van der Waals surface area contributed by atoms with Crippen molar-refractivity contribution in [2.24, 2.45) is 4.99 Å². The second kappa shape index (κ2) is 12.0. The van der Waals surface area contributed by atoms with Crippen LogP contribution < -0.4 is 24.4 Å². The predicted molar refractivity (Wildman–Crippen MR) is 154 cm³/mol. The van der Waals surface area contributed by atoms with Gasteiger partial charge in [-0.1, -0.05) is 56.7 Å². The first-order valence-corrected chi connectivity index (χ1v) is 14.1. The fourth-order valence-electron chi connectivity index (χ4n) is 4.95. The number of aromatic nitrogens is 1. The summed E-state index contributed by atoms with van der Waals surface area (Å²) in [6, 6.07) is 10.8. The van der Waals surface area contributed by atoms with Gasteiger partial charge in [-0.2, -0.15) is 0 Å². The van der Waals surface area contributed by atoms with E-state index in [-0.39, 0.29) is 18.1 Å². The van der Waals surface area contributed by atoms with Gasteiger partial charge in [-0.25, -0.2) is 9.79 Å². The van der Waals surface area contributed by atoms with E-state index in [4.69, 9.17) is 19.2 Å². The molecule has 0 spiro atoms. The second-order valence-electron chi connectivity index (χ2n) is 9.76. The second-order valence-corrected chi connectivity index (χ2v) is 10.8. The zero-order valence-electron chi connectivity index (χ0n) is 23.7. The van der Waals surface area contributed by atoms with Crippen molar-refractivity contribution in [3.63, 3.8) is 0 Å². The molecule has 4 rings (SSSR count). The van der Waals surface area contributed by atoms with Gasteiger partial charge in [0.25, 0.3) is 5.56 Å². The lowest BCUT2D eigenvalue weighted by atomic mass is 9.93. The number of ether oxygens (including phenoxy) is 3. The number of para-hydroxylation sites is 1. The Morgan fingerprint density at radius 2 is 1.85 bits per heavy atom. The number of carbonyl (C=O) groups is 1. The van der Waals surface area contributed by atoms with E-state index in [2.05, 4.69) is 19.9 Å². The van der Waals surface area contributed by atoms with Crippen LogP contribution in [-0.4, -0.2) is 31.4 Å². The van der Waals surface area contributed by atoms with Crippen LogP contribution in [0.15, 0.2) is 57.5 Å². The zero-order valence-corrected chi connectivity index (χ0v) is 24.5. The highest BCUT2D eigenvalue weighted by Gasteiger charge is 2.35. The van der Waals surface area contributed by atoms with Crippen LogP contribution in [0.5, 0.6) is 11.5 Å². The Hall–Kier alpha value is -3.65. The fourth-order valence-corrected chi connectivity index (χ4v) is 5.96. The highest BCUT2D eigenvalue weighted by molar-refractivity contribution is 7.07. The minimum atomic E-state index is -0.719. The molecule has 0 bridgehead atoms. The Balaban J connectivity index is 2.03. The molecule has 1 aliphatic rings. The van der Waals surface area contributed by atoms with Gasteiger partial charge in [0.05, 0.1) is 36.6 Å². The lowest BCUT2D eigenvalue weighted by molar-refractivity contribution is -0.139. The van der Waals surface area contributed by atoms with Crippen LogP contribution in [0.3, 0.4) is 0 Å². The number of esters is 1. The topological polar surface area (TPSA) is 79.1 Å². The predicted octanol–water partition coefficient (Wildman–Crippen LogP) is 5.03. The maximum absolute atomic E-state index is 14.1. The van der Waals surface area contributed by atoms with Gasteiger partial charge < -0.3 is 14.2 Å². The van der Waals surface area contributed by atoms with Crippen molar-refractivity contribution >= 4 is 23.4 Å². The van der Waals surface area contributed by atoms with Crippen molar-refractivity contribution in [1.29, 1.82) is 0 Å². The third-order valence-electron chi connectivity index (χ3n) is 6.85. The number of fused-ring (bicyclic) bond motifs is 1. The molecule has 0 aliphatic carbocycles. The first-order valence-electron chi connectivity index (χ1n) is 13.3. The molecule has 7 nitrogen and oxygen atoms in total. The largest absolute Gasteiger partial charge is 0.496 e. The summed E-state index contributed by atoms with van der Waals surface area (Å²) in [5, 5.41) is 0. The number of carbonyl (C=O) groups excluding carboxylic acids is 1. The Morgan fingerprint density at radius 1 is 1.13 bits per heavy atom. The molecule has 0 saturated heterocycles. The fraction of sp³-hybridized carbons (Fsp3) is 0.387. The van der Waals surface area contributed by atoms with Crippen LogP contribution in [0, 0.1) is 6.92 Å². The summed E-state index contributed by atoms with van der Waals surface area (Å²) in [4.78, 5) is 32.9. The van der Waals surface area contributed by atoms with Crippen LogP contribution in [0.4, 0.5) is 0 Å². The summed E-state index contributed by atoms with van der Waals surface area (Å²) in [6.45, 7) is 10.3. The number of hydrogen-bond acceptors (Lipinski definition) is 7. The standard InChI is InChI=1S/C31H36N2O5S/c1-8-12-23-27(30(35)38-9-2)28(21-13-10-11-14-24(21)36-6)33-29(34)26(39-31(33)32-23)17-20-16-22(18(3)4)25(37-7)15-19(20)5/h10-11,13-18,28H,8-9,12H2,1-7H3/b26-17+/t28-/m0/s1. The summed E-state index contributed by atoms with van der Waals surface area (Å²) in [5.74, 6) is 1.20. The molecule has 2 heterocycles. The van der Waals surface area contributed by atoms with E-state index in [9.17, 15) is 9.59 Å². The molecule has 3 aromatic rings. The first kappa shape index (κ1) is 28.4. The van der Waals surface area contributed by atoms with Crippen LogP contribution in [-0.2, 0) is 9.53 Å². The zero-order chi connectivity index (χ0) is 28.3. The molecule has 1 aliphatic heterocycles. The van der Waals surface area contributed by atoms with Crippen molar-refractivity contribution in [2.75, 3.05) is 20.8 Å². The third-order valence-corrected chi connectivity index (χ3v) is 7.84. The van der Waals surface area contributed by atoms with Crippen LogP contribution in [0.25, 0.3) is 6.08 Å². The van der Waals surface area contributed by atoms with Crippen molar-refractivity contribution < 1.29 is 19.0 Å². The third kappa shape index (κ3) is 5.43. The van der Waals surface area contributed by atoms with Crippen molar-refractivity contribution in [1.82, 2.24) is 4.57 Å². The lowest BCUT2D eigenvalue weighted by Gasteiger charge is -2.26. The Morgan fingerprint density at radius 3 is 2.49 bits per heavy atom. The number of methoxy groups -OCH3 is 2. The van der Waals surface area contributed by atoms with Gasteiger partial charge in [-0.05, 0) is 67.2 Å². The smallest absolute Gasteiger partial charge is 0.338 e. The van der Waals surface area contributed by atoms with Gasteiger partial charge in [-0.3, -0.25) is 9.36 Å². The van der Waals surface area contributed by atoms with E-state index in [1.54, 1.807) is 25.7 Å². The molecule has 0 unspecified atom stereocenters. The number of hydrogen-bond donors (Lipinski definition) is 0. The molecule has 0 amide bonds. The van der Waals surface area contributed by atoms with E-state index in [0.717, 1.165) is 28.9 Å². The lowest BCUT2D eigenvalue weighted by Crippen LogP contribution is -2.40. The Labute approximate surface area is 233 Å². The molecule has 0 fully saturated rings.